The van der Waals surface area contributed by atoms with Gasteiger partial charge in [-0.25, -0.2) is 4.39 Å². The van der Waals surface area contributed by atoms with Crippen molar-refractivity contribution in [1.29, 1.82) is 0 Å². The molecular weight excluding hydrogens is 273 g/mol. The molecule has 0 unspecified atom stereocenters. The number of nitrogens with two attached hydrogens (primary N) is 2. The van der Waals surface area contributed by atoms with Crippen molar-refractivity contribution in [1.82, 2.24) is 4.98 Å². The summed E-state index contributed by atoms with van der Waals surface area (Å²) < 4.78 is 14.4. The minimum atomic E-state index is -0.381. The van der Waals surface area contributed by atoms with E-state index in [-0.39, 0.29) is 5.82 Å². The smallest absolute Gasteiger partial charge is 0.132 e. The minimum Gasteiger partial charge on any atom is -0.397 e. The lowest BCUT2D eigenvalue weighted by molar-refractivity contribution is 0.630. The molecular formula is C11H9BrFN3. The second kappa shape index (κ2) is 4.09. The first-order valence-corrected chi connectivity index (χ1v) is 5.34. The van der Waals surface area contributed by atoms with Crippen LogP contribution in [0.4, 0.5) is 15.8 Å². The average molecular weight is 282 g/mol. The summed E-state index contributed by atoms with van der Waals surface area (Å²) in [6.07, 6.45) is 1.50. The van der Waals surface area contributed by atoms with E-state index in [1.807, 2.05) is 0 Å². The highest BCUT2D eigenvalue weighted by molar-refractivity contribution is 9.10. The number of anilines is 2. The van der Waals surface area contributed by atoms with E-state index in [0.29, 0.717) is 22.6 Å². The molecule has 0 aliphatic heterocycles. The van der Waals surface area contributed by atoms with Gasteiger partial charge in [-0.05, 0) is 24.3 Å². The molecule has 1 aromatic heterocycles. The van der Waals surface area contributed by atoms with Crippen molar-refractivity contribution >= 4 is 27.3 Å². The fraction of sp³-hybridized carbons (Fsp3) is 0. The summed E-state index contributed by atoms with van der Waals surface area (Å²) >= 11 is 3.27. The number of nitrogens with zero attached hydrogens (tertiary/aromatic N) is 1. The van der Waals surface area contributed by atoms with Crippen LogP contribution in [0.2, 0.25) is 0 Å². The van der Waals surface area contributed by atoms with Crippen molar-refractivity contribution in [2.24, 2.45) is 0 Å². The van der Waals surface area contributed by atoms with Gasteiger partial charge < -0.3 is 11.5 Å². The third-order valence-corrected chi connectivity index (χ3v) is 2.70. The molecule has 0 fully saturated rings. The van der Waals surface area contributed by atoms with E-state index >= 15 is 0 Å². The van der Waals surface area contributed by atoms with E-state index in [2.05, 4.69) is 20.9 Å². The van der Waals surface area contributed by atoms with Crippen LogP contribution in [-0.2, 0) is 0 Å². The molecule has 16 heavy (non-hydrogen) atoms. The van der Waals surface area contributed by atoms with Gasteiger partial charge in [-0.2, -0.15) is 0 Å². The Labute approximate surface area is 100 Å². The zero-order valence-corrected chi connectivity index (χ0v) is 9.83. The van der Waals surface area contributed by atoms with Crippen LogP contribution in [-0.4, -0.2) is 4.98 Å². The number of nitrogen functional groups attached to an aromatic ring is 2. The van der Waals surface area contributed by atoms with Crippen LogP contribution in [0.15, 0.2) is 34.9 Å². The molecule has 2 aromatic rings. The Balaban J connectivity index is 2.67. The van der Waals surface area contributed by atoms with E-state index in [9.17, 15) is 4.39 Å². The maximum atomic E-state index is 13.6. The van der Waals surface area contributed by atoms with Crippen LogP contribution in [0.5, 0.6) is 0 Å². The molecule has 5 heteroatoms. The van der Waals surface area contributed by atoms with E-state index in [1.54, 1.807) is 18.2 Å². The molecule has 82 valence electrons. The van der Waals surface area contributed by atoms with E-state index < -0.39 is 0 Å². The normalized spacial score (nSPS) is 10.4. The van der Waals surface area contributed by atoms with Gasteiger partial charge in [0.1, 0.15) is 5.82 Å². The largest absolute Gasteiger partial charge is 0.397 e. The highest BCUT2D eigenvalue weighted by Crippen LogP contribution is 2.31. The number of pyridine rings is 1. The van der Waals surface area contributed by atoms with E-state index in [4.69, 9.17) is 11.5 Å². The zero-order valence-electron chi connectivity index (χ0n) is 8.24. The molecule has 0 aliphatic carbocycles. The molecule has 0 bridgehead atoms. The summed E-state index contributed by atoms with van der Waals surface area (Å²) in [7, 11) is 0. The van der Waals surface area contributed by atoms with E-state index in [0.717, 1.165) is 4.47 Å². The number of halogens is 2. The number of benzene rings is 1. The van der Waals surface area contributed by atoms with Crippen LogP contribution in [0, 0.1) is 5.82 Å². The van der Waals surface area contributed by atoms with Crippen molar-refractivity contribution < 1.29 is 4.39 Å². The van der Waals surface area contributed by atoms with Crippen molar-refractivity contribution in [3.8, 4) is 11.3 Å². The van der Waals surface area contributed by atoms with Crippen molar-refractivity contribution in [3.63, 3.8) is 0 Å². The molecule has 0 aliphatic rings. The SMILES string of the molecule is Nc1ccnc(-c2cc(Br)ccc2F)c1N. The Kier molecular flexibility index (Phi) is 2.78. The van der Waals surface area contributed by atoms with Crippen LogP contribution >= 0.6 is 15.9 Å². The number of aromatic nitrogens is 1. The number of hydrogen-bond donors (Lipinski definition) is 2. The molecule has 1 heterocycles. The highest BCUT2D eigenvalue weighted by atomic mass is 79.9. The summed E-state index contributed by atoms with van der Waals surface area (Å²) in [4.78, 5) is 4.05. The number of rotatable bonds is 1. The second-order valence-electron chi connectivity index (χ2n) is 3.29. The molecule has 0 saturated carbocycles. The molecule has 2 rings (SSSR count). The maximum Gasteiger partial charge on any atom is 0.132 e. The minimum absolute atomic E-state index is 0.291. The molecule has 0 amide bonds. The van der Waals surface area contributed by atoms with Crippen molar-refractivity contribution in [3.05, 3.63) is 40.8 Å². The summed E-state index contributed by atoms with van der Waals surface area (Å²) in [5, 5.41) is 0. The first-order chi connectivity index (χ1) is 7.59. The van der Waals surface area contributed by atoms with E-state index in [1.165, 1.54) is 12.3 Å². The lowest BCUT2D eigenvalue weighted by Gasteiger charge is -2.08. The van der Waals surface area contributed by atoms with Gasteiger partial charge in [0.05, 0.1) is 17.1 Å². The third-order valence-electron chi connectivity index (χ3n) is 2.21. The van der Waals surface area contributed by atoms with Crippen LogP contribution in [0.3, 0.4) is 0 Å². The van der Waals surface area contributed by atoms with Gasteiger partial charge >= 0.3 is 0 Å². The Bertz CT molecular complexity index is 543. The molecule has 0 radical (unpaired) electrons. The van der Waals surface area contributed by atoms with Crippen molar-refractivity contribution in [2.75, 3.05) is 11.5 Å². The monoisotopic (exact) mass is 281 g/mol. The molecule has 0 saturated heterocycles. The Morgan fingerprint density at radius 1 is 1.19 bits per heavy atom. The van der Waals surface area contributed by atoms with Gasteiger partial charge in [0.2, 0.25) is 0 Å². The first-order valence-electron chi connectivity index (χ1n) is 4.55. The summed E-state index contributed by atoms with van der Waals surface area (Å²) in [5.74, 6) is -0.381. The molecule has 4 N–H and O–H groups in total. The first kappa shape index (κ1) is 10.9. The van der Waals surface area contributed by atoms with Gasteiger partial charge in [-0.1, -0.05) is 15.9 Å². The van der Waals surface area contributed by atoms with Crippen LogP contribution < -0.4 is 11.5 Å². The summed E-state index contributed by atoms with van der Waals surface area (Å²) in [5.41, 5.74) is 12.8. The average Bonchev–Trinajstić information content (AvgIpc) is 2.26. The fourth-order valence-electron chi connectivity index (χ4n) is 1.38. The lowest BCUT2D eigenvalue weighted by Crippen LogP contribution is -2.00. The number of hydrogen-bond acceptors (Lipinski definition) is 3. The second-order valence-corrected chi connectivity index (χ2v) is 4.20. The van der Waals surface area contributed by atoms with Crippen LogP contribution in [0.25, 0.3) is 11.3 Å². The molecule has 0 atom stereocenters. The quantitative estimate of drug-likeness (QED) is 0.845. The summed E-state index contributed by atoms with van der Waals surface area (Å²) in [6.45, 7) is 0. The van der Waals surface area contributed by atoms with Gasteiger partial charge in [-0.15, -0.1) is 0 Å². The standard InChI is InChI=1S/C11H9BrFN3/c12-6-1-2-8(13)7(5-6)11-10(15)9(14)3-4-16-11/h1-5H,15H2,(H2,14,16). The Morgan fingerprint density at radius 2 is 1.94 bits per heavy atom. The predicted octanol–water partition coefficient (Wildman–Crippen LogP) is 2.81. The maximum absolute atomic E-state index is 13.6. The fourth-order valence-corrected chi connectivity index (χ4v) is 1.74. The molecule has 3 nitrogen and oxygen atoms in total. The molecule has 0 spiro atoms. The topological polar surface area (TPSA) is 64.9 Å². The van der Waals surface area contributed by atoms with Gasteiger partial charge in [-0.3, -0.25) is 4.98 Å². The lowest BCUT2D eigenvalue weighted by atomic mass is 10.1. The molecule has 1 aromatic carbocycles. The summed E-state index contributed by atoms with van der Waals surface area (Å²) in [6, 6.07) is 6.16. The highest BCUT2D eigenvalue weighted by Gasteiger charge is 2.11. The third kappa shape index (κ3) is 1.86. The van der Waals surface area contributed by atoms with Crippen molar-refractivity contribution in [2.45, 2.75) is 0 Å². The Hall–Kier alpha value is -1.62. The van der Waals surface area contributed by atoms with Crippen LogP contribution in [0.1, 0.15) is 0 Å². The zero-order chi connectivity index (χ0) is 11.7. The predicted molar refractivity (Wildman–Crippen MR) is 66.2 cm³/mol. The van der Waals surface area contributed by atoms with Gasteiger partial charge in [0.25, 0.3) is 0 Å². The van der Waals surface area contributed by atoms with Gasteiger partial charge in [0, 0.05) is 16.2 Å². The van der Waals surface area contributed by atoms with Gasteiger partial charge in [0.15, 0.2) is 0 Å². The Morgan fingerprint density at radius 3 is 2.69 bits per heavy atom.